The zero-order chi connectivity index (χ0) is 24.8. The van der Waals surface area contributed by atoms with Crippen molar-refractivity contribution >= 4 is 28.5 Å². The highest BCUT2D eigenvalue weighted by Gasteiger charge is 2.41. The van der Waals surface area contributed by atoms with Gasteiger partial charge < -0.3 is 9.88 Å². The van der Waals surface area contributed by atoms with E-state index in [0.717, 1.165) is 34.3 Å². The Balaban J connectivity index is 1.86. The van der Waals surface area contributed by atoms with Gasteiger partial charge in [-0.1, -0.05) is 39.0 Å². The van der Waals surface area contributed by atoms with E-state index in [1.54, 1.807) is 4.90 Å². The molecule has 0 saturated carbocycles. The number of hydrogen-bond donors (Lipinski definition) is 1. The Labute approximate surface area is 202 Å². The molecule has 0 aliphatic carbocycles. The lowest BCUT2D eigenvalue weighted by Crippen LogP contribution is -2.51. The van der Waals surface area contributed by atoms with Crippen molar-refractivity contribution in [3.05, 3.63) is 59.4 Å². The Morgan fingerprint density at radius 1 is 1.06 bits per heavy atom. The van der Waals surface area contributed by atoms with Crippen LogP contribution >= 0.6 is 0 Å². The highest BCUT2D eigenvalue weighted by Crippen LogP contribution is 2.35. The number of rotatable bonds is 4. The summed E-state index contributed by atoms with van der Waals surface area (Å²) >= 11 is 0. The first-order valence-corrected chi connectivity index (χ1v) is 12.0. The van der Waals surface area contributed by atoms with E-state index in [0.29, 0.717) is 18.8 Å². The highest BCUT2D eigenvalue weighted by molar-refractivity contribution is 6.02. The fourth-order valence-electron chi connectivity index (χ4n) is 5.30. The number of anilines is 1. The third kappa shape index (κ3) is 4.72. The van der Waals surface area contributed by atoms with Crippen molar-refractivity contribution in [2.75, 3.05) is 4.90 Å². The van der Waals surface area contributed by atoms with Gasteiger partial charge in [-0.15, -0.1) is 0 Å². The Hall–Kier alpha value is -3.15. The number of carbonyl (C=O) groups is 2. The minimum atomic E-state index is -0.858. The molecule has 1 aliphatic rings. The van der Waals surface area contributed by atoms with Gasteiger partial charge in [0.05, 0.1) is 11.0 Å². The molecule has 6 nitrogen and oxygen atoms in total. The van der Waals surface area contributed by atoms with E-state index in [4.69, 9.17) is 4.98 Å². The van der Waals surface area contributed by atoms with Crippen LogP contribution in [0.2, 0.25) is 0 Å². The molecule has 0 bridgehead atoms. The van der Waals surface area contributed by atoms with Crippen LogP contribution in [0.25, 0.3) is 11.0 Å². The zero-order valence-corrected chi connectivity index (χ0v) is 21.4. The summed E-state index contributed by atoms with van der Waals surface area (Å²) in [5.74, 6) is 0.320. The van der Waals surface area contributed by atoms with Crippen molar-refractivity contribution in [3.63, 3.8) is 0 Å². The van der Waals surface area contributed by atoms with Gasteiger partial charge in [0, 0.05) is 24.2 Å². The summed E-state index contributed by atoms with van der Waals surface area (Å²) in [7, 11) is 0. The van der Waals surface area contributed by atoms with E-state index in [1.807, 2.05) is 74.7 Å². The molecule has 1 atom stereocenters. The molecule has 2 amide bonds. The molecule has 3 aromatic rings. The SMILES string of the molecule is Cc1ccc(N2C(=O)CCn3c(nc4ccccc43)C2C(=O)NC(C)(C)CC(C)(C)C)cc1C. The molecule has 1 aliphatic heterocycles. The summed E-state index contributed by atoms with van der Waals surface area (Å²) in [6.45, 7) is 15.1. The maximum atomic E-state index is 14.0. The minimum absolute atomic E-state index is 0.0386. The van der Waals surface area contributed by atoms with E-state index in [-0.39, 0.29) is 17.2 Å². The van der Waals surface area contributed by atoms with Crippen LogP contribution in [-0.4, -0.2) is 26.9 Å². The minimum Gasteiger partial charge on any atom is -0.349 e. The lowest BCUT2D eigenvalue weighted by atomic mass is 9.81. The molecule has 0 fully saturated rings. The van der Waals surface area contributed by atoms with Crippen molar-refractivity contribution in [1.29, 1.82) is 0 Å². The van der Waals surface area contributed by atoms with E-state index < -0.39 is 11.6 Å². The number of nitrogens with one attached hydrogen (secondary N) is 1. The summed E-state index contributed by atoms with van der Waals surface area (Å²) in [6, 6.07) is 12.9. The van der Waals surface area contributed by atoms with Gasteiger partial charge in [-0.25, -0.2) is 4.98 Å². The molecular formula is C28H36N4O2. The second kappa shape index (κ2) is 8.57. The van der Waals surface area contributed by atoms with E-state index in [1.165, 1.54) is 0 Å². The maximum absolute atomic E-state index is 14.0. The number of fused-ring (bicyclic) bond motifs is 3. The van der Waals surface area contributed by atoms with Crippen LogP contribution in [0.4, 0.5) is 5.69 Å². The van der Waals surface area contributed by atoms with E-state index in [9.17, 15) is 9.59 Å². The monoisotopic (exact) mass is 460 g/mol. The number of carbonyl (C=O) groups excluding carboxylic acids is 2. The van der Waals surface area contributed by atoms with Gasteiger partial charge in [0.1, 0.15) is 5.82 Å². The predicted octanol–water partition coefficient (Wildman–Crippen LogP) is 5.46. The number of nitrogens with zero attached hydrogens (tertiary/aromatic N) is 3. The molecule has 2 aromatic carbocycles. The molecule has 1 aromatic heterocycles. The number of para-hydroxylation sites is 2. The Kier molecular flexibility index (Phi) is 6.05. The lowest BCUT2D eigenvalue weighted by Gasteiger charge is -2.36. The molecule has 180 valence electrons. The molecule has 0 saturated heterocycles. The van der Waals surface area contributed by atoms with Gasteiger partial charge in [0.25, 0.3) is 5.91 Å². The maximum Gasteiger partial charge on any atom is 0.251 e. The molecule has 1 N–H and O–H groups in total. The third-order valence-electron chi connectivity index (χ3n) is 6.46. The van der Waals surface area contributed by atoms with Crippen molar-refractivity contribution in [3.8, 4) is 0 Å². The van der Waals surface area contributed by atoms with Gasteiger partial charge in [0.15, 0.2) is 6.04 Å². The second-order valence-corrected chi connectivity index (χ2v) is 11.4. The molecule has 1 unspecified atom stereocenters. The molecule has 0 radical (unpaired) electrons. The normalized spacial score (nSPS) is 17.0. The third-order valence-corrected chi connectivity index (χ3v) is 6.46. The summed E-state index contributed by atoms with van der Waals surface area (Å²) in [4.78, 5) is 34.1. The molecule has 2 heterocycles. The number of aromatic nitrogens is 2. The fourth-order valence-corrected chi connectivity index (χ4v) is 5.30. The van der Waals surface area contributed by atoms with Gasteiger partial charge >= 0.3 is 0 Å². The van der Waals surface area contributed by atoms with Crippen molar-refractivity contribution in [1.82, 2.24) is 14.9 Å². The van der Waals surface area contributed by atoms with E-state index >= 15 is 0 Å². The standard InChI is InChI=1S/C28H36N4O2/c1-18-12-13-20(16-19(18)2)32-23(33)14-15-31-22-11-9-8-10-21(22)29-25(31)24(32)26(34)30-28(6,7)17-27(3,4)5/h8-13,16,24H,14-15,17H2,1-7H3,(H,30,34). The highest BCUT2D eigenvalue weighted by atomic mass is 16.2. The first kappa shape index (κ1) is 24.0. The van der Waals surface area contributed by atoms with E-state index in [2.05, 4.69) is 26.1 Å². The molecule has 6 heteroatoms. The average molecular weight is 461 g/mol. The number of benzene rings is 2. The van der Waals surface area contributed by atoms with Crippen molar-refractivity contribution in [2.24, 2.45) is 5.41 Å². The molecule has 34 heavy (non-hydrogen) atoms. The summed E-state index contributed by atoms with van der Waals surface area (Å²) in [6.07, 6.45) is 1.10. The first-order chi connectivity index (χ1) is 15.9. The van der Waals surface area contributed by atoms with Crippen molar-refractivity contribution in [2.45, 2.75) is 79.4 Å². The van der Waals surface area contributed by atoms with Crippen molar-refractivity contribution < 1.29 is 9.59 Å². The topological polar surface area (TPSA) is 67.2 Å². The first-order valence-electron chi connectivity index (χ1n) is 12.0. The summed E-state index contributed by atoms with van der Waals surface area (Å²) in [5.41, 5.74) is 4.31. The van der Waals surface area contributed by atoms with Crippen LogP contribution in [0.3, 0.4) is 0 Å². The largest absolute Gasteiger partial charge is 0.349 e. The van der Waals surface area contributed by atoms with Crippen LogP contribution in [0.1, 0.15) is 70.5 Å². The van der Waals surface area contributed by atoms with Gasteiger partial charge in [0.2, 0.25) is 5.91 Å². The predicted molar refractivity (Wildman–Crippen MR) is 137 cm³/mol. The van der Waals surface area contributed by atoms with Gasteiger partial charge in [-0.3, -0.25) is 14.5 Å². The fraction of sp³-hybridized carbons (Fsp3) is 0.464. The van der Waals surface area contributed by atoms with Crippen LogP contribution in [0.15, 0.2) is 42.5 Å². The lowest BCUT2D eigenvalue weighted by molar-refractivity contribution is -0.127. The molecule has 0 spiro atoms. The Morgan fingerprint density at radius 3 is 2.44 bits per heavy atom. The smallest absolute Gasteiger partial charge is 0.251 e. The van der Waals surface area contributed by atoms with Crippen LogP contribution < -0.4 is 10.2 Å². The molecule has 4 rings (SSSR count). The van der Waals surface area contributed by atoms with Crippen LogP contribution in [0.5, 0.6) is 0 Å². The Bertz CT molecular complexity index is 1250. The van der Waals surface area contributed by atoms with Crippen LogP contribution in [-0.2, 0) is 16.1 Å². The number of hydrogen-bond acceptors (Lipinski definition) is 3. The average Bonchev–Trinajstić information content (AvgIpc) is 3.00. The number of imidazole rings is 1. The van der Waals surface area contributed by atoms with Crippen LogP contribution in [0, 0.1) is 19.3 Å². The van der Waals surface area contributed by atoms with Gasteiger partial charge in [-0.05, 0) is 74.9 Å². The number of aryl methyl sites for hydroxylation is 3. The zero-order valence-electron chi connectivity index (χ0n) is 21.4. The molecular weight excluding hydrogens is 424 g/mol. The quantitative estimate of drug-likeness (QED) is 0.562. The van der Waals surface area contributed by atoms with Gasteiger partial charge in [-0.2, -0.15) is 0 Å². The summed E-state index contributed by atoms with van der Waals surface area (Å²) < 4.78 is 2.04. The summed E-state index contributed by atoms with van der Waals surface area (Å²) in [5, 5.41) is 3.26. The number of amides is 2. The Morgan fingerprint density at radius 2 is 1.76 bits per heavy atom. The second-order valence-electron chi connectivity index (χ2n) is 11.4.